The summed E-state index contributed by atoms with van der Waals surface area (Å²) in [6, 6.07) is 9.50. The van der Waals surface area contributed by atoms with Crippen LogP contribution in [0, 0.1) is 30.3 Å². The molecule has 0 aliphatic rings. The van der Waals surface area contributed by atoms with Crippen LogP contribution in [0.25, 0.3) is 0 Å². The standard InChI is InChI=1S/C15H11N7O6Se/c23-20(24)12-3-1-10(2-4-12)9-29-15-16-17-18-19(15)8-11-5-13(21(25)26)7-14(6-11)22(27)28/h1-7H,8-9H2. The fourth-order valence-electron chi connectivity index (χ4n) is 2.39. The minimum absolute atomic E-state index is 0.00153. The van der Waals surface area contributed by atoms with Crippen molar-refractivity contribution in [2.45, 2.75) is 11.9 Å². The van der Waals surface area contributed by atoms with Gasteiger partial charge < -0.3 is 0 Å². The van der Waals surface area contributed by atoms with Gasteiger partial charge in [0.2, 0.25) is 0 Å². The van der Waals surface area contributed by atoms with Crippen LogP contribution >= 0.6 is 0 Å². The number of hydrogen-bond donors (Lipinski definition) is 0. The summed E-state index contributed by atoms with van der Waals surface area (Å²) in [5, 5.41) is 44.7. The predicted octanol–water partition coefficient (Wildman–Crippen LogP) is 0.976. The van der Waals surface area contributed by atoms with Crippen molar-refractivity contribution in [1.82, 2.24) is 20.2 Å². The zero-order chi connectivity index (χ0) is 21.0. The average Bonchev–Trinajstić information content (AvgIpc) is 3.13. The molecule has 2 aromatic carbocycles. The van der Waals surface area contributed by atoms with Crippen LogP contribution in [0.3, 0.4) is 0 Å². The first-order valence-corrected chi connectivity index (χ1v) is 9.95. The van der Waals surface area contributed by atoms with E-state index in [9.17, 15) is 30.3 Å². The van der Waals surface area contributed by atoms with Gasteiger partial charge in [0, 0.05) is 0 Å². The summed E-state index contributed by atoms with van der Waals surface area (Å²) >= 11 is -0.230. The number of benzene rings is 2. The number of tetrazole rings is 1. The minimum atomic E-state index is -0.699. The Balaban J connectivity index is 1.76. The summed E-state index contributed by atoms with van der Waals surface area (Å²) in [6.07, 6.45) is 0. The monoisotopic (exact) mass is 465 g/mol. The van der Waals surface area contributed by atoms with E-state index in [1.165, 1.54) is 28.9 Å². The molecule has 29 heavy (non-hydrogen) atoms. The van der Waals surface area contributed by atoms with Gasteiger partial charge in [0.1, 0.15) is 0 Å². The molecule has 3 rings (SSSR count). The first kappa shape index (κ1) is 20.0. The van der Waals surface area contributed by atoms with E-state index in [2.05, 4.69) is 15.5 Å². The maximum absolute atomic E-state index is 11.0. The summed E-state index contributed by atoms with van der Waals surface area (Å²) in [4.78, 5) is 30.9. The van der Waals surface area contributed by atoms with Gasteiger partial charge in [0.15, 0.2) is 0 Å². The van der Waals surface area contributed by atoms with Gasteiger partial charge in [-0.1, -0.05) is 0 Å². The number of hydrogen-bond acceptors (Lipinski definition) is 9. The Hall–Kier alpha value is -3.77. The molecule has 0 saturated heterocycles. The third-order valence-corrected chi connectivity index (χ3v) is 5.89. The molecule has 0 radical (unpaired) electrons. The van der Waals surface area contributed by atoms with Gasteiger partial charge in [-0.2, -0.15) is 0 Å². The van der Waals surface area contributed by atoms with Gasteiger partial charge in [-0.25, -0.2) is 0 Å². The molecule has 0 bridgehead atoms. The Kier molecular flexibility index (Phi) is 5.85. The summed E-state index contributed by atoms with van der Waals surface area (Å²) in [5.41, 5.74) is 0.417. The van der Waals surface area contributed by atoms with E-state index >= 15 is 0 Å². The van der Waals surface area contributed by atoms with Gasteiger partial charge in [0.25, 0.3) is 0 Å². The normalized spacial score (nSPS) is 10.6. The molecule has 3 aromatic rings. The van der Waals surface area contributed by atoms with Crippen LogP contribution in [-0.2, 0) is 11.9 Å². The van der Waals surface area contributed by atoms with Gasteiger partial charge in [-0.05, 0) is 0 Å². The van der Waals surface area contributed by atoms with Gasteiger partial charge in [-0.3, -0.25) is 0 Å². The Morgan fingerprint density at radius 2 is 1.41 bits per heavy atom. The summed E-state index contributed by atoms with van der Waals surface area (Å²) in [5.74, 6) is 0. The molecule has 0 unspecified atom stereocenters. The average molecular weight is 464 g/mol. The molecule has 0 spiro atoms. The first-order valence-electron chi connectivity index (χ1n) is 7.88. The summed E-state index contributed by atoms with van der Waals surface area (Å²) in [6.45, 7) is 0.0346. The third kappa shape index (κ3) is 4.94. The van der Waals surface area contributed by atoms with E-state index in [0.717, 1.165) is 11.6 Å². The quantitative estimate of drug-likeness (QED) is 0.267. The molecule has 0 N–H and O–H groups in total. The van der Waals surface area contributed by atoms with Crippen LogP contribution in [0.4, 0.5) is 17.1 Å². The number of nitro groups is 3. The molecule has 0 saturated carbocycles. The Labute approximate surface area is 167 Å². The summed E-state index contributed by atoms with van der Waals surface area (Å²) < 4.78 is 1.96. The predicted molar refractivity (Wildman–Crippen MR) is 98.9 cm³/mol. The molecule has 14 heteroatoms. The Morgan fingerprint density at radius 1 is 0.828 bits per heavy atom. The number of rotatable bonds is 8. The second-order valence-electron chi connectivity index (χ2n) is 5.70. The molecule has 1 aromatic heterocycles. The van der Waals surface area contributed by atoms with E-state index in [-0.39, 0.29) is 38.6 Å². The number of nitro benzene ring substituents is 3. The number of nitrogens with zero attached hydrogens (tertiary/aromatic N) is 7. The molecular formula is C15H11N7O6Se. The van der Waals surface area contributed by atoms with E-state index in [0.29, 0.717) is 15.6 Å². The zero-order valence-corrected chi connectivity index (χ0v) is 16.2. The van der Waals surface area contributed by atoms with Crippen molar-refractivity contribution in [3.05, 3.63) is 83.9 Å². The molecule has 1 heterocycles. The first-order chi connectivity index (χ1) is 13.8. The second-order valence-corrected chi connectivity index (χ2v) is 7.68. The van der Waals surface area contributed by atoms with Gasteiger partial charge in [0.05, 0.1) is 0 Å². The van der Waals surface area contributed by atoms with E-state index in [1.54, 1.807) is 12.1 Å². The van der Waals surface area contributed by atoms with Gasteiger partial charge >= 0.3 is 168 Å². The molecular weight excluding hydrogens is 453 g/mol. The molecule has 0 fully saturated rings. The Bertz CT molecular complexity index is 1050. The van der Waals surface area contributed by atoms with Crippen LogP contribution in [0.5, 0.6) is 0 Å². The van der Waals surface area contributed by atoms with Crippen molar-refractivity contribution < 1.29 is 14.8 Å². The van der Waals surface area contributed by atoms with E-state index < -0.39 is 14.8 Å². The Morgan fingerprint density at radius 3 is 1.97 bits per heavy atom. The molecule has 0 amide bonds. The van der Waals surface area contributed by atoms with Crippen LogP contribution in [-0.4, -0.2) is 49.9 Å². The molecule has 148 valence electrons. The van der Waals surface area contributed by atoms with Crippen molar-refractivity contribution >= 4 is 36.7 Å². The van der Waals surface area contributed by atoms with Crippen LogP contribution in [0.1, 0.15) is 11.1 Å². The zero-order valence-electron chi connectivity index (χ0n) is 14.4. The van der Waals surface area contributed by atoms with Crippen molar-refractivity contribution in [3.8, 4) is 0 Å². The number of non-ortho nitro benzene ring substituents is 3. The van der Waals surface area contributed by atoms with E-state index in [1.807, 2.05) is 0 Å². The van der Waals surface area contributed by atoms with Crippen LogP contribution < -0.4 is 4.72 Å². The second kappa shape index (κ2) is 8.50. The fraction of sp³-hybridized carbons (Fsp3) is 0.133. The van der Waals surface area contributed by atoms with Crippen molar-refractivity contribution in [2.24, 2.45) is 0 Å². The molecule has 0 atom stereocenters. The number of aromatic nitrogens is 4. The molecule has 0 aliphatic heterocycles. The molecule has 0 aliphatic carbocycles. The maximum atomic E-state index is 11.0. The van der Waals surface area contributed by atoms with Crippen molar-refractivity contribution in [2.75, 3.05) is 0 Å². The van der Waals surface area contributed by atoms with Crippen LogP contribution in [0.2, 0.25) is 0 Å². The van der Waals surface area contributed by atoms with E-state index in [4.69, 9.17) is 0 Å². The summed E-state index contributed by atoms with van der Waals surface area (Å²) in [7, 11) is 0. The van der Waals surface area contributed by atoms with Gasteiger partial charge in [-0.15, -0.1) is 0 Å². The van der Waals surface area contributed by atoms with Crippen molar-refractivity contribution in [3.63, 3.8) is 0 Å². The topological polar surface area (TPSA) is 173 Å². The van der Waals surface area contributed by atoms with Crippen molar-refractivity contribution in [1.29, 1.82) is 0 Å². The SMILES string of the molecule is O=[N+]([O-])c1ccc(C[Se]c2nnnn2Cc2cc([N+](=O)[O-])cc([N+](=O)[O-])c2)cc1. The molecule has 13 nitrogen and oxygen atoms in total. The fourth-order valence-corrected chi connectivity index (χ4v) is 4.14. The van der Waals surface area contributed by atoms with Crippen LogP contribution in [0.15, 0.2) is 42.5 Å². The third-order valence-electron chi connectivity index (χ3n) is 3.73.